The van der Waals surface area contributed by atoms with E-state index in [1.165, 1.54) is 25.8 Å². The summed E-state index contributed by atoms with van der Waals surface area (Å²) < 4.78 is 5.81. The highest BCUT2D eigenvalue weighted by Gasteiger charge is 2.21. The Morgan fingerprint density at radius 2 is 2.37 bits per heavy atom. The van der Waals surface area contributed by atoms with Crippen LogP contribution in [0.5, 0.6) is 0 Å². The van der Waals surface area contributed by atoms with Crippen molar-refractivity contribution in [1.82, 2.24) is 9.88 Å². The minimum Gasteiger partial charge on any atom is -0.440 e. The van der Waals surface area contributed by atoms with Crippen LogP contribution in [0.15, 0.2) is 21.9 Å². The van der Waals surface area contributed by atoms with Gasteiger partial charge in [-0.05, 0) is 44.7 Å². The monoisotopic (exact) mass is 276 g/mol. The van der Waals surface area contributed by atoms with Gasteiger partial charge in [0.15, 0.2) is 0 Å². The van der Waals surface area contributed by atoms with Gasteiger partial charge in [0.2, 0.25) is 5.89 Å². The van der Waals surface area contributed by atoms with E-state index < -0.39 is 0 Å². The lowest BCUT2D eigenvalue weighted by molar-refractivity contribution is 0.150. The first kappa shape index (κ1) is 12.9. The molecule has 3 nitrogen and oxygen atoms in total. The maximum Gasteiger partial charge on any atom is 0.236 e. The van der Waals surface area contributed by atoms with Crippen molar-refractivity contribution in [3.05, 3.63) is 29.0 Å². The normalized spacial score (nSPS) is 20.8. The van der Waals surface area contributed by atoms with Crippen LogP contribution in [-0.4, -0.2) is 22.5 Å². The minimum atomic E-state index is 0.662. The van der Waals surface area contributed by atoms with Crippen molar-refractivity contribution >= 4 is 11.3 Å². The molecule has 4 heteroatoms. The summed E-state index contributed by atoms with van der Waals surface area (Å²) in [6.45, 7) is 6.44. The Hall–Kier alpha value is -1.13. The Labute approximate surface area is 118 Å². The summed E-state index contributed by atoms with van der Waals surface area (Å²) in [5.41, 5.74) is 1.09. The third-order valence-corrected chi connectivity index (χ3v) is 4.78. The molecule has 1 saturated heterocycles. The van der Waals surface area contributed by atoms with Crippen LogP contribution in [-0.2, 0) is 6.54 Å². The summed E-state index contributed by atoms with van der Waals surface area (Å²) >= 11 is 1.67. The van der Waals surface area contributed by atoms with Crippen LogP contribution in [0.2, 0.25) is 0 Å². The molecular formula is C15H20N2OS. The predicted octanol–water partition coefficient (Wildman–Crippen LogP) is 4.09. The van der Waals surface area contributed by atoms with Crippen LogP contribution in [0.25, 0.3) is 10.8 Å². The number of rotatable bonds is 3. The number of aryl methyl sites for hydroxylation is 1. The summed E-state index contributed by atoms with van der Waals surface area (Å²) in [4.78, 5) is 8.32. The molecule has 0 aliphatic carbocycles. The number of likely N-dealkylation sites (tertiary alicyclic amines) is 1. The molecule has 1 unspecified atom stereocenters. The fraction of sp³-hybridized carbons (Fsp3) is 0.533. The molecule has 0 bridgehead atoms. The van der Waals surface area contributed by atoms with Crippen molar-refractivity contribution in [2.75, 3.05) is 6.54 Å². The van der Waals surface area contributed by atoms with Gasteiger partial charge in [-0.1, -0.05) is 12.5 Å². The molecule has 1 fully saturated rings. The fourth-order valence-electron chi connectivity index (χ4n) is 2.67. The molecule has 0 saturated carbocycles. The summed E-state index contributed by atoms with van der Waals surface area (Å²) in [7, 11) is 0. The molecule has 0 radical (unpaired) electrons. The van der Waals surface area contributed by atoms with Crippen LogP contribution in [0.1, 0.15) is 37.6 Å². The number of aromatic nitrogens is 1. The van der Waals surface area contributed by atoms with Gasteiger partial charge in [-0.15, -0.1) is 11.3 Å². The van der Waals surface area contributed by atoms with Crippen LogP contribution in [0.4, 0.5) is 0 Å². The van der Waals surface area contributed by atoms with Crippen molar-refractivity contribution in [3.8, 4) is 10.8 Å². The third kappa shape index (κ3) is 2.74. The lowest BCUT2D eigenvalue weighted by Gasteiger charge is -2.32. The van der Waals surface area contributed by atoms with Crippen molar-refractivity contribution in [3.63, 3.8) is 0 Å². The zero-order valence-electron chi connectivity index (χ0n) is 11.6. The highest BCUT2D eigenvalue weighted by molar-refractivity contribution is 7.13. The predicted molar refractivity (Wildman–Crippen MR) is 78.3 cm³/mol. The molecule has 2 aromatic rings. The Kier molecular flexibility index (Phi) is 3.71. The molecule has 1 atom stereocenters. The van der Waals surface area contributed by atoms with Crippen LogP contribution in [0.3, 0.4) is 0 Å². The molecule has 2 aromatic heterocycles. The van der Waals surface area contributed by atoms with Gasteiger partial charge in [0, 0.05) is 12.6 Å². The molecule has 1 aliphatic rings. The molecule has 19 heavy (non-hydrogen) atoms. The van der Waals surface area contributed by atoms with Crippen molar-refractivity contribution in [2.24, 2.45) is 0 Å². The smallest absolute Gasteiger partial charge is 0.236 e. The number of oxazole rings is 1. The van der Waals surface area contributed by atoms with Gasteiger partial charge in [0.1, 0.15) is 5.76 Å². The summed E-state index contributed by atoms with van der Waals surface area (Å²) in [6, 6.07) is 4.75. The van der Waals surface area contributed by atoms with Gasteiger partial charge < -0.3 is 4.42 Å². The molecule has 0 N–H and O–H groups in total. The highest BCUT2D eigenvalue weighted by atomic mass is 32.1. The number of thiophene rings is 1. The average Bonchev–Trinajstić information content (AvgIpc) is 3.02. The Morgan fingerprint density at radius 1 is 1.47 bits per heavy atom. The van der Waals surface area contributed by atoms with Gasteiger partial charge in [-0.2, -0.15) is 0 Å². The number of nitrogens with zero attached hydrogens (tertiary/aromatic N) is 2. The first-order chi connectivity index (χ1) is 9.24. The van der Waals surface area contributed by atoms with Crippen LogP contribution in [0, 0.1) is 6.92 Å². The molecule has 102 valence electrons. The summed E-state index contributed by atoms with van der Waals surface area (Å²) in [5.74, 6) is 1.73. The maximum atomic E-state index is 5.81. The van der Waals surface area contributed by atoms with E-state index in [0.29, 0.717) is 6.04 Å². The standard InChI is InChI=1S/C15H20N2OS/c1-11-6-3-4-8-17(11)10-13-12(2)18-15(16-13)14-7-5-9-19-14/h5,7,9,11H,3-4,6,8,10H2,1-2H3. The van der Waals surface area contributed by atoms with E-state index in [2.05, 4.69) is 28.3 Å². The zero-order valence-corrected chi connectivity index (χ0v) is 12.4. The molecule has 0 spiro atoms. The van der Waals surface area contributed by atoms with Crippen molar-refractivity contribution in [1.29, 1.82) is 0 Å². The third-order valence-electron chi connectivity index (χ3n) is 3.92. The van der Waals surface area contributed by atoms with Crippen molar-refractivity contribution < 1.29 is 4.42 Å². The van der Waals surface area contributed by atoms with Gasteiger partial charge >= 0.3 is 0 Å². The molecule has 0 aromatic carbocycles. The second-order valence-electron chi connectivity index (χ2n) is 5.31. The van der Waals surface area contributed by atoms with Gasteiger partial charge in [-0.25, -0.2) is 4.98 Å². The Bertz CT molecular complexity index is 532. The highest BCUT2D eigenvalue weighted by Crippen LogP contribution is 2.27. The van der Waals surface area contributed by atoms with Crippen LogP contribution >= 0.6 is 11.3 Å². The average molecular weight is 276 g/mol. The molecule has 1 aliphatic heterocycles. The lowest BCUT2D eigenvalue weighted by Crippen LogP contribution is -2.37. The Balaban J connectivity index is 1.78. The molecule has 3 heterocycles. The summed E-state index contributed by atoms with van der Waals surface area (Å²) in [5, 5.41) is 2.06. The number of hydrogen-bond acceptors (Lipinski definition) is 4. The SMILES string of the molecule is Cc1oc(-c2cccs2)nc1CN1CCCCC1C. The fourth-order valence-corrected chi connectivity index (χ4v) is 3.31. The van der Waals surface area contributed by atoms with E-state index in [0.717, 1.165) is 28.8 Å². The van der Waals surface area contributed by atoms with E-state index in [4.69, 9.17) is 4.42 Å². The largest absolute Gasteiger partial charge is 0.440 e. The van der Waals surface area contributed by atoms with E-state index in [9.17, 15) is 0 Å². The zero-order chi connectivity index (χ0) is 13.2. The molecule has 3 rings (SSSR count). The number of piperidine rings is 1. The van der Waals surface area contributed by atoms with Crippen molar-refractivity contribution in [2.45, 2.75) is 45.7 Å². The first-order valence-electron chi connectivity index (χ1n) is 6.98. The summed E-state index contributed by atoms with van der Waals surface area (Å²) in [6.07, 6.45) is 3.96. The van der Waals surface area contributed by atoms with E-state index in [1.54, 1.807) is 11.3 Å². The maximum absolute atomic E-state index is 5.81. The van der Waals surface area contributed by atoms with Crippen LogP contribution < -0.4 is 0 Å². The molecule has 0 amide bonds. The first-order valence-corrected chi connectivity index (χ1v) is 7.86. The van der Waals surface area contributed by atoms with Gasteiger partial charge in [0.25, 0.3) is 0 Å². The second kappa shape index (κ2) is 5.47. The van der Waals surface area contributed by atoms with Gasteiger partial charge in [-0.3, -0.25) is 4.90 Å². The lowest BCUT2D eigenvalue weighted by atomic mass is 10.0. The minimum absolute atomic E-state index is 0.662. The van der Waals surface area contributed by atoms with E-state index in [1.807, 2.05) is 13.0 Å². The quantitative estimate of drug-likeness (QED) is 0.845. The van der Waals surface area contributed by atoms with E-state index in [-0.39, 0.29) is 0 Å². The van der Waals surface area contributed by atoms with Gasteiger partial charge in [0.05, 0.1) is 10.6 Å². The topological polar surface area (TPSA) is 29.3 Å². The van der Waals surface area contributed by atoms with E-state index >= 15 is 0 Å². The molecular weight excluding hydrogens is 256 g/mol. The number of hydrogen-bond donors (Lipinski definition) is 0. The second-order valence-corrected chi connectivity index (χ2v) is 6.26. The Morgan fingerprint density at radius 3 is 3.11 bits per heavy atom.